The molecule has 1 aliphatic heterocycles. The Morgan fingerprint density at radius 2 is 1.95 bits per heavy atom. The second kappa shape index (κ2) is 7.78. The van der Waals surface area contributed by atoms with Gasteiger partial charge in [0.2, 0.25) is 5.91 Å². The number of aliphatic carboxylic acids is 1. The monoisotopic (exact) mass is 298 g/mol. The predicted molar refractivity (Wildman–Crippen MR) is 82.8 cm³/mol. The fourth-order valence-electron chi connectivity index (χ4n) is 3.21. The summed E-state index contributed by atoms with van der Waals surface area (Å²) in [5.41, 5.74) is 4.59. The average Bonchev–Trinajstić information content (AvgIpc) is 2.43. The first-order chi connectivity index (χ1) is 9.82. The molecule has 0 aromatic heterocycles. The molecule has 1 rings (SSSR count). The summed E-state index contributed by atoms with van der Waals surface area (Å²) in [5.74, 6) is 0.00794. The third-order valence-corrected chi connectivity index (χ3v) is 4.86. The topological polar surface area (TPSA) is 83.6 Å². The Labute approximate surface area is 127 Å². The number of hydrogen-bond donors (Lipinski definition) is 2. The van der Waals surface area contributed by atoms with Gasteiger partial charge in [0.05, 0.1) is 0 Å². The van der Waals surface area contributed by atoms with Crippen molar-refractivity contribution in [3.8, 4) is 0 Å². The summed E-state index contributed by atoms with van der Waals surface area (Å²) < 4.78 is 0. The van der Waals surface area contributed by atoms with Crippen LogP contribution in [0.5, 0.6) is 0 Å². The first-order valence-electron chi connectivity index (χ1n) is 8.07. The molecule has 5 heteroatoms. The van der Waals surface area contributed by atoms with Crippen molar-refractivity contribution in [3.05, 3.63) is 0 Å². The molecule has 1 fully saturated rings. The minimum absolute atomic E-state index is 0.0257. The SMILES string of the molecule is CC(C)C(CCN)CCC(=O)N1CCCCC1(C)C(=O)O. The van der Waals surface area contributed by atoms with Crippen LogP contribution < -0.4 is 5.73 Å². The van der Waals surface area contributed by atoms with Crippen molar-refractivity contribution in [1.29, 1.82) is 0 Å². The second-order valence-corrected chi connectivity index (χ2v) is 6.70. The summed E-state index contributed by atoms with van der Waals surface area (Å²) >= 11 is 0. The van der Waals surface area contributed by atoms with Crippen LogP contribution in [0.2, 0.25) is 0 Å². The van der Waals surface area contributed by atoms with Crippen LogP contribution in [0, 0.1) is 11.8 Å². The molecule has 3 N–H and O–H groups in total. The van der Waals surface area contributed by atoms with Crippen LogP contribution in [0.3, 0.4) is 0 Å². The van der Waals surface area contributed by atoms with Gasteiger partial charge < -0.3 is 15.7 Å². The Morgan fingerprint density at radius 3 is 2.48 bits per heavy atom. The van der Waals surface area contributed by atoms with Gasteiger partial charge in [0, 0.05) is 13.0 Å². The molecule has 0 spiro atoms. The van der Waals surface area contributed by atoms with Gasteiger partial charge in [-0.05, 0) is 57.4 Å². The lowest BCUT2D eigenvalue weighted by atomic mass is 9.86. The molecule has 122 valence electrons. The third-order valence-electron chi connectivity index (χ3n) is 4.86. The van der Waals surface area contributed by atoms with E-state index in [0.717, 1.165) is 25.7 Å². The van der Waals surface area contributed by atoms with Gasteiger partial charge in [-0.25, -0.2) is 4.79 Å². The van der Waals surface area contributed by atoms with E-state index < -0.39 is 11.5 Å². The maximum atomic E-state index is 12.5. The van der Waals surface area contributed by atoms with Gasteiger partial charge in [0.25, 0.3) is 0 Å². The van der Waals surface area contributed by atoms with Gasteiger partial charge in [-0.1, -0.05) is 13.8 Å². The molecule has 1 aliphatic rings. The van der Waals surface area contributed by atoms with E-state index in [0.29, 0.717) is 37.8 Å². The summed E-state index contributed by atoms with van der Waals surface area (Å²) in [7, 11) is 0. The second-order valence-electron chi connectivity index (χ2n) is 6.70. The van der Waals surface area contributed by atoms with E-state index in [1.165, 1.54) is 0 Å². The first kappa shape index (κ1) is 18.0. The number of nitrogens with zero attached hydrogens (tertiary/aromatic N) is 1. The molecule has 2 unspecified atom stereocenters. The first-order valence-corrected chi connectivity index (χ1v) is 8.07. The van der Waals surface area contributed by atoms with Crippen LogP contribution in [0.15, 0.2) is 0 Å². The van der Waals surface area contributed by atoms with Gasteiger partial charge in [-0.3, -0.25) is 4.79 Å². The van der Waals surface area contributed by atoms with Crippen LogP contribution in [0.25, 0.3) is 0 Å². The van der Waals surface area contributed by atoms with Crippen LogP contribution in [0.4, 0.5) is 0 Å². The van der Waals surface area contributed by atoms with E-state index in [1.54, 1.807) is 11.8 Å². The number of amides is 1. The molecule has 0 saturated carbocycles. The predicted octanol–water partition coefficient (Wildman–Crippen LogP) is 2.24. The summed E-state index contributed by atoms with van der Waals surface area (Å²) in [6.07, 6.45) is 4.44. The number of carbonyl (C=O) groups excluding carboxylic acids is 1. The highest BCUT2D eigenvalue weighted by atomic mass is 16.4. The molecule has 0 aliphatic carbocycles. The maximum absolute atomic E-state index is 12.5. The molecule has 1 amide bonds. The highest BCUT2D eigenvalue weighted by Gasteiger charge is 2.43. The van der Waals surface area contributed by atoms with Crippen molar-refractivity contribution in [2.45, 2.75) is 64.8 Å². The Bertz CT molecular complexity index is 371. The van der Waals surface area contributed by atoms with Crippen molar-refractivity contribution in [3.63, 3.8) is 0 Å². The zero-order valence-corrected chi connectivity index (χ0v) is 13.6. The Morgan fingerprint density at radius 1 is 1.29 bits per heavy atom. The number of piperidine rings is 1. The zero-order valence-electron chi connectivity index (χ0n) is 13.6. The van der Waals surface area contributed by atoms with Gasteiger partial charge in [0.15, 0.2) is 0 Å². The third kappa shape index (κ3) is 4.43. The minimum Gasteiger partial charge on any atom is -0.480 e. The van der Waals surface area contributed by atoms with Crippen molar-refractivity contribution in [2.24, 2.45) is 17.6 Å². The summed E-state index contributed by atoms with van der Waals surface area (Å²) in [6.45, 7) is 7.16. The molecule has 1 heterocycles. The summed E-state index contributed by atoms with van der Waals surface area (Å²) in [4.78, 5) is 25.6. The molecule has 0 radical (unpaired) electrons. The number of rotatable bonds is 7. The van der Waals surface area contributed by atoms with E-state index >= 15 is 0 Å². The summed E-state index contributed by atoms with van der Waals surface area (Å²) in [5, 5.41) is 9.46. The number of likely N-dealkylation sites (tertiary alicyclic amines) is 1. The van der Waals surface area contributed by atoms with E-state index in [4.69, 9.17) is 5.73 Å². The van der Waals surface area contributed by atoms with Crippen LogP contribution >= 0.6 is 0 Å². The molecular formula is C16H30N2O3. The standard InChI is InChI=1S/C16H30N2O3/c1-12(2)13(8-10-17)6-7-14(19)18-11-5-4-9-16(18,3)15(20)21/h12-13H,4-11,17H2,1-3H3,(H,20,21). The fraction of sp³-hybridized carbons (Fsp3) is 0.875. The van der Waals surface area contributed by atoms with Gasteiger partial charge in [-0.2, -0.15) is 0 Å². The van der Waals surface area contributed by atoms with Gasteiger partial charge in [0.1, 0.15) is 5.54 Å². The number of carboxylic acid groups (broad SMARTS) is 1. The minimum atomic E-state index is -1.03. The molecule has 2 atom stereocenters. The van der Waals surface area contributed by atoms with Crippen molar-refractivity contribution in [1.82, 2.24) is 4.90 Å². The van der Waals surface area contributed by atoms with E-state index in [2.05, 4.69) is 13.8 Å². The van der Waals surface area contributed by atoms with E-state index in [-0.39, 0.29) is 5.91 Å². The smallest absolute Gasteiger partial charge is 0.329 e. The highest BCUT2D eigenvalue weighted by Crippen LogP contribution is 2.30. The molecule has 5 nitrogen and oxygen atoms in total. The van der Waals surface area contributed by atoms with Crippen molar-refractivity contribution in [2.75, 3.05) is 13.1 Å². The fourth-order valence-corrected chi connectivity index (χ4v) is 3.21. The molecule has 0 bridgehead atoms. The van der Waals surface area contributed by atoms with E-state index in [1.807, 2.05) is 0 Å². The Kier molecular flexibility index (Phi) is 6.65. The quantitative estimate of drug-likeness (QED) is 0.755. The summed E-state index contributed by atoms with van der Waals surface area (Å²) in [6, 6.07) is 0. The maximum Gasteiger partial charge on any atom is 0.329 e. The molecule has 21 heavy (non-hydrogen) atoms. The normalized spacial score (nSPS) is 24.1. The molecule has 1 saturated heterocycles. The number of hydrogen-bond acceptors (Lipinski definition) is 3. The number of carboxylic acids is 1. The van der Waals surface area contributed by atoms with E-state index in [9.17, 15) is 14.7 Å². The van der Waals surface area contributed by atoms with Crippen LogP contribution in [-0.2, 0) is 9.59 Å². The number of nitrogens with two attached hydrogens (primary N) is 1. The Hall–Kier alpha value is -1.10. The molecule has 0 aromatic carbocycles. The molecular weight excluding hydrogens is 268 g/mol. The largest absolute Gasteiger partial charge is 0.480 e. The zero-order chi connectivity index (χ0) is 16.0. The molecule has 0 aromatic rings. The lowest BCUT2D eigenvalue weighted by Gasteiger charge is -2.42. The van der Waals surface area contributed by atoms with Gasteiger partial charge in [-0.15, -0.1) is 0 Å². The lowest BCUT2D eigenvalue weighted by molar-refractivity contribution is -0.161. The Balaban J connectivity index is 2.66. The number of carbonyl (C=O) groups is 2. The lowest BCUT2D eigenvalue weighted by Crippen LogP contribution is -2.57. The average molecular weight is 298 g/mol. The van der Waals surface area contributed by atoms with Crippen molar-refractivity contribution >= 4 is 11.9 Å². The van der Waals surface area contributed by atoms with Crippen LogP contribution in [0.1, 0.15) is 59.3 Å². The van der Waals surface area contributed by atoms with Gasteiger partial charge >= 0.3 is 5.97 Å². The highest BCUT2D eigenvalue weighted by molar-refractivity contribution is 5.87. The van der Waals surface area contributed by atoms with Crippen molar-refractivity contribution < 1.29 is 14.7 Å². The van der Waals surface area contributed by atoms with Crippen LogP contribution in [-0.4, -0.2) is 40.5 Å².